The van der Waals surface area contributed by atoms with Crippen molar-refractivity contribution in [3.8, 4) is 0 Å². The van der Waals surface area contributed by atoms with Crippen molar-refractivity contribution in [3.05, 3.63) is 42.0 Å². The molecule has 4 fully saturated rings. The van der Waals surface area contributed by atoms with E-state index in [0.717, 1.165) is 0 Å². The van der Waals surface area contributed by atoms with Crippen LogP contribution in [0.5, 0.6) is 0 Å². The Morgan fingerprint density at radius 2 is 1.65 bits per heavy atom. The van der Waals surface area contributed by atoms with E-state index >= 15 is 0 Å². The number of ketones is 1. The van der Waals surface area contributed by atoms with Crippen molar-refractivity contribution in [2.45, 2.75) is 198 Å². The number of cyclic esters (lactones) is 2. The summed E-state index contributed by atoms with van der Waals surface area (Å²) in [7, 11) is 3.32. The zero-order chi connectivity index (χ0) is 52.5. The van der Waals surface area contributed by atoms with Gasteiger partial charge in [0.05, 0.1) is 72.1 Å². The number of Topliss-reactive ketones (excluding diaryl/α,β-unsaturated/α-hetero) is 1. The lowest BCUT2D eigenvalue weighted by Gasteiger charge is -2.49. The molecule has 20 nitrogen and oxygen atoms in total. The van der Waals surface area contributed by atoms with Gasteiger partial charge in [-0.1, -0.05) is 39.0 Å². The molecule has 1 amide bonds. The molecule has 0 bridgehead atoms. The third-order valence-corrected chi connectivity index (χ3v) is 15.4. The number of nitrogens with zero attached hydrogens (tertiary/aromatic N) is 5. The van der Waals surface area contributed by atoms with E-state index in [1.807, 2.05) is 18.9 Å². The fourth-order valence-corrected chi connectivity index (χ4v) is 11.0. The fourth-order valence-electron chi connectivity index (χ4n) is 11.0. The number of likely N-dealkylation sites (N-methyl/N-ethyl adjacent to an activating group) is 1. The zero-order valence-corrected chi connectivity index (χ0v) is 43.2. The maximum atomic E-state index is 14.4. The first kappa shape index (κ1) is 56.6. The molecular formula is C50H78FN5O15. The van der Waals surface area contributed by atoms with Crippen LogP contribution < -0.4 is 4.90 Å². The number of carbonyl (C=O) groups is 3. The van der Waals surface area contributed by atoms with Crippen LogP contribution in [0.15, 0.2) is 30.5 Å². The topological polar surface area (TPSA) is 254 Å². The predicted molar refractivity (Wildman–Crippen MR) is 253 cm³/mol. The van der Waals surface area contributed by atoms with Gasteiger partial charge in [-0.2, -0.15) is 0 Å². The average Bonchev–Trinajstić information content (AvgIpc) is 3.93. The summed E-state index contributed by atoms with van der Waals surface area (Å²) in [6, 6.07) is 5.19. The summed E-state index contributed by atoms with van der Waals surface area (Å²) in [5.41, 5.74) is -4.02. The molecule has 21 heteroatoms. The zero-order valence-electron chi connectivity index (χ0n) is 43.2. The molecule has 2 aromatic rings. The van der Waals surface area contributed by atoms with E-state index in [-0.39, 0.29) is 32.4 Å². The maximum Gasteiger partial charge on any atom is 0.414 e. The van der Waals surface area contributed by atoms with E-state index in [4.69, 9.17) is 33.2 Å². The van der Waals surface area contributed by atoms with Crippen LogP contribution in [0.2, 0.25) is 0 Å². The molecule has 0 aliphatic carbocycles. The number of carbonyl (C=O) groups excluding carboxylic acids is 3. The normalized spacial score (nSPS) is 41.2. The summed E-state index contributed by atoms with van der Waals surface area (Å²) in [5, 5.41) is 67.7. The van der Waals surface area contributed by atoms with Gasteiger partial charge in [-0.25, -0.2) is 13.9 Å². The Hall–Kier alpha value is -3.74. The SMILES string of the molecule is CC[C@H]1OC(=O)[C@H](C)[C@@H](O[C@H]2CC(C)(OC)[C@@H](O)[C@H](C)O2)[C@H](C)[C@@H](O[C@@H]2O[C@H](C)CC(N(C)CCc3cn(C[C@H]4CN(c5cccc(F)c5)C(=O)O4)nn3)[C@H]2O)[C@](C)(O)C[C@@H](C)C(=O)[C@H](C)[C@@H](O)[C@]1(C)O. The Morgan fingerprint density at radius 3 is 2.31 bits per heavy atom. The van der Waals surface area contributed by atoms with Crippen molar-refractivity contribution in [2.24, 2.45) is 23.7 Å². The van der Waals surface area contributed by atoms with Gasteiger partial charge in [0.2, 0.25) is 0 Å². The molecule has 71 heavy (non-hydrogen) atoms. The Kier molecular flexibility index (Phi) is 18.2. The molecule has 2 unspecified atom stereocenters. The predicted octanol–water partition coefficient (Wildman–Crippen LogP) is 3.15. The molecule has 400 valence electrons. The number of hydrogen-bond donors (Lipinski definition) is 5. The monoisotopic (exact) mass is 1010 g/mol. The first-order valence-corrected chi connectivity index (χ1v) is 24.9. The number of ether oxygens (including phenoxy) is 7. The summed E-state index contributed by atoms with van der Waals surface area (Å²) in [6.45, 7) is 17.0. The van der Waals surface area contributed by atoms with Gasteiger partial charge in [0, 0.05) is 56.5 Å². The van der Waals surface area contributed by atoms with Crippen molar-refractivity contribution < 1.29 is 77.5 Å². The van der Waals surface area contributed by atoms with E-state index in [1.165, 1.54) is 51.0 Å². The van der Waals surface area contributed by atoms with Crippen molar-refractivity contribution in [1.29, 1.82) is 0 Å². The van der Waals surface area contributed by atoms with E-state index < -0.39 is 138 Å². The Labute approximate surface area is 416 Å². The van der Waals surface area contributed by atoms with Crippen molar-refractivity contribution in [2.75, 3.05) is 32.1 Å². The highest BCUT2D eigenvalue weighted by molar-refractivity contribution is 5.89. The number of hydrogen-bond acceptors (Lipinski definition) is 18. The number of aromatic nitrogens is 3. The standard InChI is InChI=1S/C50H78FN5O15/c1-13-37-50(10,64)42(59)28(4)39(57)26(2)21-48(8,63)44(29(5)41(30(6)45(61)69-37)70-38-22-49(9,65-12)43(60)31(7)67-38)71-46-40(58)36(19-27(3)66-46)54(11)18-17-33-23-55(53-52-33)24-35-25-56(47(62)68-35)34-16-14-15-32(51)20-34/h14-16,20,23,26-31,35-38,40-44,46,58-60,63-64H,13,17-19,21-22,24-25H2,1-12H3/t26-,27-,28+,29+,30-,31+,35+,36?,37-,38+,40-,41+,42-,43+,44-,46+,48-,49?,50-/m1/s1. The second-order valence-corrected chi connectivity index (χ2v) is 21.3. The van der Waals surface area contributed by atoms with Crippen molar-refractivity contribution >= 4 is 23.5 Å². The van der Waals surface area contributed by atoms with Crippen LogP contribution >= 0.6 is 0 Å². The van der Waals surface area contributed by atoms with Gasteiger partial charge in [-0.15, -0.1) is 5.10 Å². The maximum absolute atomic E-state index is 14.4. The first-order valence-electron chi connectivity index (χ1n) is 24.9. The lowest BCUT2D eigenvalue weighted by atomic mass is 9.74. The summed E-state index contributed by atoms with van der Waals surface area (Å²) < 4.78 is 58.7. The van der Waals surface area contributed by atoms with Crippen LogP contribution in [-0.4, -0.2) is 181 Å². The molecule has 4 aliphatic rings. The summed E-state index contributed by atoms with van der Waals surface area (Å²) in [5.74, 6) is -5.83. The molecule has 0 radical (unpaired) electrons. The molecule has 6 rings (SSSR count). The van der Waals surface area contributed by atoms with Gasteiger partial charge < -0.3 is 63.6 Å². The molecular weight excluding hydrogens is 930 g/mol. The number of aliphatic hydroxyl groups excluding tert-OH is 3. The fraction of sp³-hybridized carbons (Fsp3) is 0.780. The summed E-state index contributed by atoms with van der Waals surface area (Å²) in [4.78, 5) is 44.4. The van der Waals surface area contributed by atoms with Crippen LogP contribution in [0.1, 0.15) is 101 Å². The highest BCUT2D eigenvalue weighted by Gasteiger charge is 2.54. The second-order valence-electron chi connectivity index (χ2n) is 21.3. The second kappa shape index (κ2) is 22.8. The molecule has 0 spiro atoms. The number of benzene rings is 1. The van der Waals surface area contributed by atoms with Crippen molar-refractivity contribution in [3.63, 3.8) is 0 Å². The van der Waals surface area contributed by atoms with Gasteiger partial charge in [0.15, 0.2) is 12.6 Å². The Bertz CT molecular complexity index is 2130. The third kappa shape index (κ3) is 12.6. The number of anilines is 1. The van der Waals surface area contributed by atoms with Crippen LogP contribution in [-0.2, 0) is 55.7 Å². The number of halogens is 1. The average molecular weight is 1010 g/mol. The molecule has 4 aliphatic heterocycles. The molecule has 5 N–H and O–H groups in total. The van der Waals surface area contributed by atoms with Crippen LogP contribution in [0.4, 0.5) is 14.9 Å². The molecule has 1 aromatic heterocycles. The van der Waals surface area contributed by atoms with Crippen LogP contribution in [0.3, 0.4) is 0 Å². The van der Waals surface area contributed by atoms with Crippen LogP contribution in [0, 0.1) is 29.5 Å². The number of rotatable bonds is 13. The van der Waals surface area contributed by atoms with Gasteiger partial charge >= 0.3 is 12.1 Å². The highest BCUT2D eigenvalue weighted by atomic mass is 19.1. The molecule has 0 saturated carbocycles. The smallest absolute Gasteiger partial charge is 0.414 e. The third-order valence-electron chi connectivity index (χ3n) is 15.4. The molecule has 4 saturated heterocycles. The number of methoxy groups -OCH3 is 1. The van der Waals surface area contributed by atoms with Gasteiger partial charge in [0.25, 0.3) is 0 Å². The first-order chi connectivity index (χ1) is 33.2. The summed E-state index contributed by atoms with van der Waals surface area (Å²) >= 11 is 0. The van der Waals surface area contributed by atoms with E-state index in [0.29, 0.717) is 30.8 Å². The van der Waals surface area contributed by atoms with E-state index in [1.54, 1.807) is 58.5 Å². The quantitative estimate of drug-likeness (QED) is 0.181. The Morgan fingerprint density at radius 1 is 0.944 bits per heavy atom. The van der Waals surface area contributed by atoms with Gasteiger partial charge in [0.1, 0.15) is 41.6 Å². The van der Waals surface area contributed by atoms with Gasteiger partial charge in [-0.05, 0) is 86.1 Å². The molecule has 1 aromatic carbocycles. The largest absolute Gasteiger partial charge is 0.459 e. The minimum Gasteiger partial charge on any atom is -0.459 e. The minimum absolute atomic E-state index is 0.0445. The highest BCUT2D eigenvalue weighted by Crippen LogP contribution is 2.41. The lowest BCUT2D eigenvalue weighted by Crippen LogP contribution is -2.61. The minimum atomic E-state index is -2.05. The number of esters is 1. The van der Waals surface area contributed by atoms with Crippen molar-refractivity contribution in [1.82, 2.24) is 19.9 Å². The van der Waals surface area contributed by atoms with Gasteiger partial charge in [-0.3, -0.25) is 14.5 Å². The summed E-state index contributed by atoms with van der Waals surface area (Å²) in [6.07, 6.45) is -9.89. The molecule has 5 heterocycles. The van der Waals surface area contributed by atoms with E-state index in [9.17, 15) is 44.3 Å². The van der Waals surface area contributed by atoms with E-state index in [2.05, 4.69) is 10.3 Å². The lowest BCUT2D eigenvalue weighted by molar-refractivity contribution is -0.318. The molecule has 19 atom stereocenters. The number of aliphatic hydroxyl groups is 5. The Balaban J connectivity index is 1.23. The van der Waals surface area contributed by atoms with Crippen LogP contribution in [0.25, 0.3) is 0 Å². The number of amides is 1.